The summed E-state index contributed by atoms with van der Waals surface area (Å²) in [6.07, 6.45) is 6.82. The van der Waals surface area contributed by atoms with Crippen molar-refractivity contribution in [3.8, 4) is 5.75 Å². The molecule has 4 heteroatoms. The number of esters is 1. The molecule has 1 unspecified atom stereocenters. The lowest BCUT2D eigenvalue weighted by Gasteiger charge is -2.48. The zero-order chi connectivity index (χ0) is 23.7. The number of hydrogen-bond donors (Lipinski definition) is 0. The van der Waals surface area contributed by atoms with Gasteiger partial charge < -0.3 is 14.4 Å². The predicted octanol–water partition coefficient (Wildman–Crippen LogP) is 6.09. The van der Waals surface area contributed by atoms with E-state index in [9.17, 15) is 4.79 Å². The number of fused-ring (bicyclic) bond motifs is 1. The number of carbonyl (C=O) groups excluding carboxylic acids is 1. The third kappa shape index (κ3) is 4.09. The SMILES string of the molecule is COC(=O)/C=C/c1ccc(C2(C)c3ccc(OC)cc3CCN2c2ccc(C3CC3)cc2)cc1. The van der Waals surface area contributed by atoms with Gasteiger partial charge in [-0.25, -0.2) is 4.79 Å². The molecule has 3 aromatic carbocycles. The Hall–Kier alpha value is -3.53. The molecular weight excluding hydrogens is 422 g/mol. The van der Waals surface area contributed by atoms with E-state index in [-0.39, 0.29) is 11.5 Å². The minimum Gasteiger partial charge on any atom is -0.497 e. The molecule has 1 aliphatic heterocycles. The normalized spacial score (nSPS) is 19.7. The van der Waals surface area contributed by atoms with Crippen LogP contribution in [0, 0.1) is 0 Å². The van der Waals surface area contributed by atoms with E-state index >= 15 is 0 Å². The van der Waals surface area contributed by atoms with Crippen molar-refractivity contribution in [1.82, 2.24) is 0 Å². The number of ether oxygens (including phenoxy) is 2. The van der Waals surface area contributed by atoms with E-state index in [0.29, 0.717) is 0 Å². The Kier molecular flexibility index (Phi) is 5.91. The van der Waals surface area contributed by atoms with E-state index in [1.165, 1.54) is 54.0 Å². The lowest BCUT2D eigenvalue weighted by atomic mass is 9.76. The molecular formula is C30H31NO3. The van der Waals surface area contributed by atoms with Gasteiger partial charge in [-0.2, -0.15) is 0 Å². The van der Waals surface area contributed by atoms with Crippen molar-refractivity contribution in [2.75, 3.05) is 25.7 Å². The molecule has 1 atom stereocenters. The highest BCUT2D eigenvalue weighted by Crippen LogP contribution is 2.45. The molecule has 34 heavy (non-hydrogen) atoms. The third-order valence-electron chi connectivity index (χ3n) is 7.32. The van der Waals surface area contributed by atoms with E-state index in [0.717, 1.165) is 30.2 Å². The highest BCUT2D eigenvalue weighted by Gasteiger charge is 2.40. The van der Waals surface area contributed by atoms with Crippen molar-refractivity contribution in [2.45, 2.75) is 37.6 Å². The Bertz CT molecular complexity index is 1210. The van der Waals surface area contributed by atoms with Crippen molar-refractivity contribution in [3.63, 3.8) is 0 Å². The minimum absolute atomic E-state index is 0.342. The van der Waals surface area contributed by atoms with E-state index < -0.39 is 0 Å². The maximum atomic E-state index is 11.5. The molecule has 1 fully saturated rings. The summed E-state index contributed by atoms with van der Waals surface area (Å²) in [5, 5.41) is 0. The standard InChI is InChI=1S/C30H31NO3/c1-30(25-11-4-21(5-12-25)6-17-29(32)34-3)28-16-15-27(33-2)20-24(28)18-19-31(30)26-13-9-23(10-14-26)22-7-8-22/h4-6,9-17,20,22H,7-8,18-19H2,1-3H3/b17-6+. The second-order valence-electron chi connectivity index (χ2n) is 9.34. The van der Waals surface area contributed by atoms with Gasteiger partial charge in [0, 0.05) is 18.3 Å². The number of rotatable bonds is 6. The Morgan fingerprint density at radius 2 is 1.74 bits per heavy atom. The Labute approximate surface area is 201 Å². The number of hydrogen-bond acceptors (Lipinski definition) is 4. The summed E-state index contributed by atoms with van der Waals surface area (Å²) in [5.41, 5.74) is 7.14. The molecule has 4 nitrogen and oxygen atoms in total. The summed E-state index contributed by atoms with van der Waals surface area (Å²) < 4.78 is 10.2. The van der Waals surface area contributed by atoms with Crippen LogP contribution >= 0.6 is 0 Å². The second kappa shape index (κ2) is 9.02. The molecule has 0 saturated heterocycles. The largest absolute Gasteiger partial charge is 0.497 e. The van der Waals surface area contributed by atoms with E-state index in [4.69, 9.17) is 9.47 Å². The maximum absolute atomic E-state index is 11.5. The average molecular weight is 454 g/mol. The molecule has 174 valence electrons. The van der Waals surface area contributed by atoms with Crippen LogP contribution < -0.4 is 9.64 Å². The summed E-state index contributed by atoms with van der Waals surface area (Å²) in [6.45, 7) is 3.23. The third-order valence-corrected chi connectivity index (χ3v) is 7.32. The highest BCUT2D eigenvalue weighted by atomic mass is 16.5. The quantitative estimate of drug-likeness (QED) is 0.335. The smallest absolute Gasteiger partial charge is 0.330 e. The van der Waals surface area contributed by atoms with Crippen LogP contribution in [0.5, 0.6) is 5.75 Å². The number of benzene rings is 3. The number of carbonyl (C=O) groups is 1. The van der Waals surface area contributed by atoms with Crippen LogP contribution in [0.4, 0.5) is 5.69 Å². The van der Waals surface area contributed by atoms with Crippen molar-refractivity contribution >= 4 is 17.7 Å². The molecule has 0 N–H and O–H groups in total. The number of nitrogens with zero attached hydrogens (tertiary/aromatic N) is 1. The Morgan fingerprint density at radius 3 is 2.38 bits per heavy atom. The van der Waals surface area contributed by atoms with Gasteiger partial charge in [0.25, 0.3) is 0 Å². The van der Waals surface area contributed by atoms with Crippen molar-refractivity contribution in [3.05, 3.63) is 101 Å². The molecule has 2 aliphatic rings. The first kappa shape index (κ1) is 22.3. The van der Waals surface area contributed by atoms with Crippen LogP contribution in [0.3, 0.4) is 0 Å². The fourth-order valence-corrected chi connectivity index (χ4v) is 5.17. The summed E-state index contributed by atoms with van der Waals surface area (Å²) in [7, 11) is 3.11. The van der Waals surface area contributed by atoms with Crippen LogP contribution in [0.25, 0.3) is 6.08 Å². The maximum Gasteiger partial charge on any atom is 0.330 e. The second-order valence-corrected chi connectivity index (χ2v) is 9.34. The first-order chi connectivity index (χ1) is 16.5. The number of methoxy groups -OCH3 is 2. The van der Waals surface area contributed by atoms with Gasteiger partial charge >= 0.3 is 5.97 Å². The molecule has 0 spiro atoms. The zero-order valence-corrected chi connectivity index (χ0v) is 20.1. The molecule has 0 amide bonds. The molecule has 0 radical (unpaired) electrons. The van der Waals surface area contributed by atoms with Crippen molar-refractivity contribution in [1.29, 1.82) is 0 Å². The van der Waals surface area contributed by atoms with E-state index in [1.54, 1.807) is 13.2 Å². The van der Waals surface area contributed by atoms with Crippen LogP contribution in [0.15, 0.2) is 72.8 Å². The highest BCUT2D eigenvalue weighted by molar-refractivity contribution is 5.86. The fourth-order valence-electron chi connectivity index (χ4n) is 5.17. The van der Waals surface area contributed by atoms with Crippen LogP contribution in [0.2, 0.25) is 0 Å². The lowest BCUT2D eigenvalue weighted by molar-refractivity contribution is -0.134. The molecule has 5 rings (SSSR count). The Morgan fingerprint density at radius 1 is 1.00 bits per heavy atom. The fraction of sp³-hybridized carbons (Fsp3) is 0.300. The van der Waals surface area contributed by atoms with E-state index in [1.807, 2.05) is 0 Å². The van der Waals surface area contributed by atoms with Gasteiger partial charge in [0.1, 0.15) is 5.75 Å². The van der Waals surface area contributed by atoms with Gasteiger partial charge in [0.05, 0.1) is 19.8 Å². The van der Waals surface area contributed by atoms with Gasteiger partial charge in [-0.3, -0.25) is 0 Å². The molecule has 0 bridgehead atoms. The van der Waals surface area contributed by atoms with Gasteiger partial charge in [-0.05, 0) is 90.3 Å². The zero-order valence-electron chi connectivity index (χ0n) is 20.1. The van der Waals surface area contributed by atoms with Crippen LogP contribution in [-0.4, -0.2) is 26.7 Å². The van der Waals surface area contributed by atoms with Crippen LogP contribution in [-0.2, 0) is 21.5 Å². The lowest BCUT2D eigenvalue weighted by Crippen LogP contribution is -2.49. The van der Waals surface area contributed by atoms with Crippen molar-refractivity contribution in [2.24, 2.45) is 0 Å². The summed E-state index contributed by atoms with van der Waals surface area (Å²) in [5.74, 6) is 1.29. The number of anilines is 1. The van der Waals surface area contributed by atoms with Gasteiger partial charge in [-0.1, -0.05) is 42.5 Å². The van der Waals surface area contributed by atoms with Gasteiger partial charge in [0.2, 0.25) is 0 Å². The Balaban J connectivity index is 1.56. The molecule has 0 aromatic heterocycles. The first-order valence-corrected chi connectivity index (χ1v) is 11.9. The molecule has 1 saturated carbocycles. The predicted molar refractivity (Wildman–Crippen MR) is 136 cm³/mol. The first-order valence-electron chi connectivity index (χ1n) is 11.9. The summed E-state index contributed by atoms with van der Waals surface area (Å²) in [6, 6.07) is 24.1. The van der Waals surface area contributed by atoms with Gasteiger partial charge in [0.15, 0.2) is 0 Å². The average Bonchev–Trinajstić information content (AvgIpc) is 3.73. The topological polar surface area (TPSA) is 38.8 Å². The monoisotopic (exact) mass is 453 g/mol. The molecule has 3 aromatic rings. The van der Waals surface area contributed by atoms with Gasteiger partial charge in [-0.15, -0.1) is 0 Å². The summed E-state index contributed by atoms with van der Waals surface area (Å²) >= 11 is 0. The minimum atomic E-state index is -0.355. The molecule has 1 heterocycles. The van der Waals surface area contributed by atoms with Crippen molar-refractivity contribution < 1.29 is 14.3 Å². The summed E-state index contributed by atoms with van der Waals surface area (Å²) in [4.78, 5) is 14.0. The van der Waals surface area contributed by atoms with E-state index in [2.05, 4.69) is 78.6 Å². The van der Waals surface area contributed by atoms with Crippen LogP contribution in [0.1, 0.15) is 53.5 Å². The molecule has 1 aliphatic carbocycles.